The lowest BCUT2D eigenvalue weighted by molar-refractivity contribution is -0.139. The standard InChI is InChI=1S/C14H18F5N3O/c1-8-5-13(15,16)7-21-10(8)3-4-11-20-6-9(14(17,18)19)12(22-11)23-2/h6,8,10,21H,3-5,7H2,1-2H3/t8-,10-/m1/s1. The number of hydrogen-bond acceptors (Lipinski definition) is 4. The zero-order valence-electron chi connectivity index (χ0n) is 12.8. The predicted octanol–water partition coefficient (Wildman–Crippen LogP) is 3.07. The molecule has 1 fully saturated rings. The van der Waals surface area contributed by atoms with Gasteiger partial charge in [0.1, 0.15) is 11.4 Å². The molecule has 0 bridgehead atoms. The average molecular weight is 339 g/mol. The van der Waals surface area contributed by atoms with Gasteiger partial charge >= 0.3 is 6.18 Å². The molecule has 0 aliphatic carbocycles. The van der Waals surface area contributed by atoms with Gasteiger partial charge in [-0.25, -0.2) is 13.8 Å². The van der Waals surface area contributed by atoms with E-state index in [0.717, 1.165) is 7.11 Å². The third-order valence-electron chi connectivity index (χ3n) is 3.91. The van der Waals surface area contributed by atoms with E-state index in [4.69, 9.17) is 0 Å². The van der Waals surface area contributed by atoms with Crippen LogP contribution in [0, 0.1) is 5.92 Å². The van der Waals surface area contributed by atoms with Crippen LogP contribution in [0.25, 0.3) is 0 Å². The number of nitrogens with one attached hydrogen (secondary N) is 1. The molecule has 0 unspecified atom stereocenters. The summed E-state index contributed by atoms with van der Waals surface area (Å²) < 4.78 is 69.3. The third-order valence-corrected chi connectivity index (χ3v) is 3.91. The van der Waals surface area contributed by atoms with Crippen molar-refractivity contribution in [3.8, 4) is 5.88 Å². The molecular weight excluding hydrogens is 321 g/mol. The van der Waals surface area contributed by atoms with E-state index in [1.165, 1.54) is 0 Å². The zero-order valence-corrected chi connectivity index (χ0v) is 12.8. The highest BCUT2D eigenvalue weighted by atomic mass is 19.4. The number of halogens is 5. The molecule has 1 aromatic rings. The SMILES string of the molecule is COc1nc(CC[C@H]2NCC(F)(F)C[C@H]2C)ncc1C(F)(F)F. The Morgan fingerprint density at radius 3 is 2.65 bits per heavy atom. The molecule has 23 heavy (non-hydrogen) atoms. The van der Waals surface area contributed by atoms with E-state index in [2.05, 4.69) is 20.0 Å². The maximum absolute atomic E-state index is 13.2. The fourth-order valence-corrected chi connectivity index (χ4v) is 2.71. The Labute approximate surface area is 130 Å². The number of aromatic nitrogens is 2. The lowest BCUT2D eigenvalue weighted by atomic mass is 9.88. The summed E-state index contributed by atoms with van der Waals surface area (Å²) in [6.07, 6.45) is -3.36. The summed E-state index contributed by atoms with van der Waals surface area (Å²) in [5.41, 5.74) is -1.03. The van der Waals surface area contributed by atoms with Gasteiger partial charge in [-0.05, 0) is 12.3 Å². The number of piperidine rings is 1. The largest absolute Gasteiger partial charge is 0.480 e. The summed E-state index contributed by atoms with van der Waals surface area (Å²) in [4.78, 5) is 7.47. The maximum Gasteiger partial charge on any atom is 0.423 e. The predicted molar refractivity (Wildman–Crippen MR) is 72.4 cm³/mol. The summed E-state index contributed by atoms with van der Waals surface area (Å²) >= 11 is 0. The fraction of sp³-hybridized carbons (Fsp3) is 0.714. The van der Waals surface area contributed by atoms with Gasteiger partial charge in [0, 0.05) is 25.1 Å². The molecule has 0 amide bonds. The Kier molecular flexibility index (Phi) is 5.07. The van der Waals surface area contributed by atoms with Crippen LogP contribution in [0.5, 0.6) is 5.88 Å². The molecule has 1 N–H and O–H groups in total. The van der Waals surface area contributed by atoms with Gasteiger partial charge in [0.25, 0.3) is 5.92 Å². The fourth-order valence-electron chi connectivity index (χ4n) is 2.71. The first-order valence-electron chi connectivity index (χ1n) is 7.21. The molecule has 0 saturated carbocycles. The zero-order chi connectivity index (χ0) is 17.3. The van der Waals surface area contributed by atoms with Crippen molar-refractivity contribution < 1.29 is 26.7 Å². The van der Waals surface area contributed by atoms with Crippen molar-refractivity contribution in [1.82, 2.24) is 15.3 Å². The molecule has 1 aliphatic rings. The molecule has 0 spiro atoms. The van der Waals surface area contributed by atoms with Crippen LogP contribution < -0.4 is 10.1 Å². The molecule has 1 aromatic heterocycles. The number of rotatable bonds is 4. The number of alkyl halides is 5. The summed E-state index contributed by atoms with van der Waals surface area (Å²) in [6.45, 7) is 1.33. The number of methoxy groups -OCH3 is 1. The molecule has 1 saturated heterocycles. The molecule has 9 heteroatoms. The first kappa shape index (κ1) is 17.8. The van der Waals surface area contributed by atoms with Crippen LogP contribution in [0.2, 0.25) is 0 Å². The van der Waals surface area contributed by atoms with E-state index in [1.807, 2.05) is 0 Å². The normalized spacial score (nSPS) is 24.5. The van der Waals surface area contributed by atoms with Crippen molar-refractivity contribution in [2.75, 3.05) is 13.7 Å². The van der Waals surface area contributed by atoms with Crippen molar-refractivity contribution in [1.29, 1.82) is 0 Å². The van der Waals surface area contributed by atoms with E-state index >= 15 is 0 Å². The molecule has 2 atom stereocenters. The Balaban J connectivity index is 2.01. The molecule has 0 radical (unpaired) electrons. The lowest BCUT2D eigenvalue weighted by Gasteiger charge is -2.35. The van der Waals surface area contributed by atoms with Gasteiger partial charge in [0.15, 0.2) is 0 Å². The van der Waals surface area contributed by atoms with Gasteiger partial charge < -0.3 is 10.1 Å². The number of ether oxygens (including phenoxy) is 1. The minimum Gasteiger partial charge on any atom is -0.480 e. The monoisotopic (exact) mass is 339 g/mol. The Hall–Kier alpha value is -1.51. The van der Waals surface area contributed by atoms with E-state index in [-0.39, 0.29) is 37.2 Å². The van der Waals surface area contributed by atoms with E-state index in [0.29, 0.717) is 12.6 Å². The minimum atomic E-state index is -4.59. The first-order chi connectivity index (χ1) is 10.6. The van der Waals surface area contributed by atoms with E-state index < -0.39 is 23.5 Å². The smallest absolute Gasteiger partial charge is 0.423 e. The van der Waals surface area contributed by atoms with Crippen LogP contribution in [0.15, 0.2) is 6.20 Å². The second-order valence-corrected chi connectivity index (χ2v) is 5.77. The van der Waals surface area contributed by atoms with Crippen LogP contribution in [-0.4, -0.2) is 35.6 Å². The average Bonchev–Trinajstić information content (AvgIpc) is 2.44. The van der Waals surface area contributed by atoms with Crippen molar-refractivity contribution in [2.24, 2.45) is 5.92 Å². The highest BCUT2D eigenvalue weighted by molar-refractivity contribution is 5.26. The Morgan fingerprint density at radius 1 is 1.39 bits per heavy atom. The topological polar surface area (TPSA) is 47.0 Å². The minimum absolute atomic E-state index is 0.147. The van der Waals surface area contributed by atoms with E-state index in [9.17, 15) is 22.0 Å². The summed E-state index contributed by atoms with van der Waals surface area (Å²) in [5, 5.41) is 2.78. The second-order valence-electron chi connectivity index (χ2n) is 5.77. The number of hydrogen-bond donors (Lipinski definition) is 1. The highest BCUT2D eigenvalue weighted by Gasteiger charge is 2.39. The van der Waals surface area contributed by atoms with Gasteiger partial charge in [-0.1, -0.05) is 6.92 Å². The Morgan fingerprint density at radius 2 is 2.09 bits per heavy atom. The van der Waals surface area contributed by atoms with Crippen LogP contribution in [-0.2, 0) is 12.6 Å². The van der Waals surface area contributed by atoms with Gasteiger partial charge in [0.05, 0.1) is 13.7 Å². The van der Waals surface area contributed by atoms with Gasteiger partial charge in [-0.3, -0.25) is 0 Å². The van der Waals surface area contributed by atoms with Gasteiger partial charge in [0.2, 0.25) is 5.88 Å². The van der Waals surface area contributed by atoms with Crippen molar-refractivity contribution in [2.45, 2.75) is 44.3 Å². The van der Waals surface area contributed by atoms with Crippen molar-refractivity contribution in [3.63, 3.8) is 0 Å². The molecular formula is C14H18F5N3O. The quantitative estimate of drug-likeness (QED) is 0.857. The summed E-state index contributed by atoms with van der Waals surface area (Å²) in [5.74, 6) is -3.29. The molecule has 2 rings (SSSR count). The molecule has 4 nitrogen and oxygen atoms in total. The first-order valence-corrected chi connectivity index (χ1v) is 7.21. The molecule has 0 aromatic carbocycles. The number of aryl methyl sites for hydroxylation is 1. The summed E-state index contributed by atoms with van der Waals surface area (Å²) in [7, 11) is 1.11. The van der Waals surface area contributed by atoms with Gasteiger partial charge in [-0.15, -0.1) is 0 Å². The molecule has 130 valence electrons. The summed E-state index contributed by atoms with van der Waals surface area (Å²) in [6, 6.07) is -0.147. The van der Waals surface area contributed by atoms with Crippen molar-refractivity contribution in [3.05, 3.63) is 17.6 Å². The second kappa shape index (κ2) is 6.54. The van der Waals surface area contributed by atoms with Crippen LogP contribution in [0.1, 0.15) is 31.2 Å². The van der Waals surface area contributed by atoms with Gasteiger partial charge in [-0.2, -0.15) is 18.2 Å². The van der Waals surface area contributed by atoms with Crippen LogP contribution in [0.3, 0.4) is 0 Å². The number of nitrogens with zero attached hydrogens (tertiary/aromatic N) is 2. The molecule has 2 heterocycles. The van der Waals surface area contributed by atoms with Crippen LogP contribution in [0.4, 0.5) is 22.0 Å². The van der Waals surface area contributed by atoms with E-state index in [1.54, 1.807) is 6.92 Å². The maximum atomic E-state index is 13.2. The highest BCUT2D eigenvalue weighted by Crippen LogP contribution is 2.34. The molecule has 1 aliphatic heterocycles. The lowest BCUT2D eigenvalue weighted by Crippen LogP contribution is -2.50. The Bertz CT molecular complexity index is 550. The van der Waals surface area contributed by atoms with Crippen LogP contribution >= 0.6 is 0 Å². The van der Waals surface area contributed by atoms with Crippen molar-refractivity contribution >= 4 is 0 Å². The third kappa shape index (κ3) is 4.49.